The molecule has 7 aliphatic rings. The third kappa shape index (κ3) is 5.77. The topological polar surface area (TPSA) is 74.3 Å². The molecule has 8 heteroatoms. The zero-order valence-corrected chi connectivity index (χ0v) is 29.9. The van der Waals surface area contributed by atoms with Crippen molar-refractivity contribution >= 4 is 11.8 Å². The summed E-state index contributed by atoms with van der Waals surface area (Å²) in [5.74, 6) is 4.36. The number of fused-ring (bicyclic) bond motifs is 7. The lowest BCUT2D eigenvalue weighted by Gasteiger charge is -2.61. The van der Waals surface area contributed by atoms with Crippen molar-refractivity contribution in [1.29, 1.82) is 0 Å². The van der Waals surface area contributed by atoms with E-state index in [-0.39, 0.29) is 30.1 Å². The maximum Gasteiger partial charge on any atom is 0.232 e. The molecular formula is C38H64N4O4. The first-order valence-electron chi connectivity index (χ1n) is 19.2. The number of carbonyl (C=O) groups excluding carboxylic acids is 2. The molecule has 7 rings (SSSR count). The molecule has 3 aliphatic heterocycles. The van der Waals surface area contributed by atoms with Crippen LogP contribution in [0.1, 0.15) is 98.3 Å². The standard InChI is InChI=1S/C38H64N4O4/c1-25-9-14-38(45-24-25)26(2)35-32(46-38)22-31-29-8-7-27-21-28(10-12-36(27,3)30(29)11-13-37(31,35)4)39-33(43)23-34(44)42-19-17-41(18-20-42)16-15-40(5)6/h25-32,35H,7-24H2,1-6H3,(H,39,43)/t25-,26-,27+,28+,29+,30?,31-,32-,35-,36-,37-,38+/m0/s1. The Morgan fingerprint density at radius 1 is 0.891 bits per heavy atom. The van der Waals surface area contributed by atoms with E-state index in [1.807, 2.05) is 4.90 Å². The summed E-state index contributed by atoms with van der Waals surface area (Å²) < 4.78 is 13.5. The summed E-state index contributed by atoms with van der Waals surface area (Å²) in [7, 11) is 4.19. The molecule has 12 atom stereocenters. The van der Waals surface area contributed by atoms with Gasteiger partial charge in [0.05, 0.1) is 12.7 Å². The molecule has 2 amide bonds. The van der Waals surface area contributed by atoms with Crippen LogP contribution >= 0.6 is 0 Å². The number of ether oxygens (including phenoxy) is 2. The molecule has 260 valence electrons. The van der Waals surface area contributed by atoms with Crippen molar-refractivity contribution in [2.45, 2.75) is 116 Å². The number of carbonyl (C=O) groups is 2. The second-order valence-corrected chi connectivity index (χ2v) is 17.9. The SMILES string of the molecule is C[C@H]1CC[C@@]2(OC1)O[C@H]1C[C@H]3[C@@H]4CC[C@@H]5C[C@H](NC(=O)CC(=O)N6CCN(CCN(C)C)CC6)CC[C@]5(C)C4CC[C@]3(C)[C@H]1[C@@H]2C. The zero-order valence-electron chi connectivity index (χ0n) is 29.9. The molecule has 0 aromatic heterocycles. The Kier molecular flexibility index (Phi) is 9.11. The summed E-state index contributed by atoms with van der Waals surface area (Å²) in [6.45, 7) is 16.2. The Bertz CT molecular complexity index is 1130. The maximum atomic E-state index is 13.1. The van der Waals surface area contributed by atoms with Crippen molar-refractivity contribution < 1.29 is 19.1 Å². The number of piperazine rings is 1. The van der Waals surface area contributed by atoms with E-state index in [2.05, 4.69) is 56.9 Å². The predicted octanol–water partition coefficient (Wildman–Crippen LogP) is 5.01. The van der Waals surface area contributed by atoms with E-state index in [1.165, 1.54) is 44.9 Å². The van der Waals surface area contributed by atoms with E-state index in [1.54, 1.807) is 0 Å². The molecule has 0 aromatic rings. The highest BCUT2D eigenvalue weighted by atomic mass is 16.7. The minimum atomic E-state index is -0.329. The number of hydrogen-bond donors (Lipinski definition) is 1. The van der Waals surface area contributed by atoms with Gasteiger partial charge in [0.25, 0.3) is 0 Å². The highest BCUT2D eigenvalue weighted by molar-refractivity contribution is 5.97. The summed E-state index contributed by atoms with van der Waals surface area (Å²) in [6, 6.07) is 0.209. The van der Waals surface area contributed by atoms with E-state index < -0.39 is 0 Å². The molecule has 7 fully saturated rings. The predicted molar refractivity (Wildman–Crippen MR) is 180 cm³/mol. The van der Waals surface area contributed by atoms with Crippen LogP contribution < -0.4 is 5.32 Å². The van der Waals surface area contributed by atoms with Gasteiger partial charge in [0.2, 0.25) is 11.8 Å². The van der Waals surface area contributed by atoms with Crippen molar-refractivity contribution in [2.24, 2.45) is 52.3 Å². The van der Waals surface area contributed by atoms with Crippen molar-refractivity contribution in [3.05, 3.63) is 0 Å². The molecule has 0 radical (unpaired) electrons. The molecule has 1 unspecified atom stereocenters. The Morgan fingerprint density at radius 3 is 2.37 bits per heavy atom. The number of hydrogen-bond acceptors (Lipinski definition) is 6. The third-order valence-corrected chi connectivity index (χ3v) is 15.2. The molecular weight excluding hydrogens is 576 g/mol. The van der Waals surface area contributed by atoms with Crippen LogP contribution in [0.15, 0.2) is 0 Å². The molecule has 0 aromatic carbocycles. The molecule has 8 nitrogen and oxygen atoms in total. The first-order chi connectivity index (χ1) is 21.9. The summed E-state index contributed by atoms with van der Waals surface area (Å²) >= 11 is 0. The summed E-state index contributed by atoms with van der Waals surface area (Å²) in [5, 5.41) is 3.33. The van der Waals surface area contributed by atoms with Crippen molar-refractivity contribution in [2.75, 3.05) is 60.0 Å². The van der Waals surface area contributed by atoms with E-state index in [4.69, 9.17) is 9.47 Å². The number of likely N-dealkylation sites (N-methyl/N-ethyl adjacent to an activating group) is 1. The lowest BCUT2D eigenvalue weighted by atomic mass is 9.44. The smallest absolute Gasteiger partial charge is 0.232 e. The average molecular weight is 641 g/mol. The van der Waals surface area contributed by atoms with Gasteiger partial charge in [0.15, 0.2) is 5.79 Å². The number of rotatable bonds is 6. The summed E-state index contributed by atoms with van der Waals surface area (Å²) in [4.78, 5) is 32.6. The second kappa shape index (κ2) is 12.6. The van der Waals surface area contributed by atoms with E-state index in [0.717, 1.165) is 82.9 Å². The van der Waals surface area contributed by atoms with Gasteiger partial charge in [-0.3, -0.25) is 14.5 Å². The Morgan fingerprint density at radius 2 is 1.65 bits per heavy atom. The second-order valence-electron chi connectivity index (χ2n) is 17.9. The van der Waals surface area contributed by atoms with Gasteiger partial charge in [-0.2, -0.15) is 0 Å². The molecule has 46 heavy (non-hydrogen) atoms. The Hall–Kier alpha value is -1.22. The van der Waals surface area contributed by atoms with Gasteiger partial charge >= 0.3 is 0 Å². The number of amides is 2. The van der Waals surface area contributed by atoms with Gasteiger partial charge in [-0.1, -0.05) is 27.7 Å². The van der Waals surface area contributed by atoms with Crippen LogP contribution in [0.4, 0.5) is 0 Å². The molecule has 1 N–H and O–H groups in total. The Balaban J connectivity index is 0.917. The monoisotopic (exact) mass is 640 g/mol. The maximum absolute atomic E-state index is 13.1. The van der Waals surface area contributed by atoms with E-state index in [0.29, 0.717) is 40.6 Å². The minimum Gasteiger partial charge on any atom is -0.353 e. The Labute approximate surface area is 279 Å². The van der Waals surface area contributed by atoms with Crippen LogP contribution in [0.2, 0.25) is 0 Å². The lowest BCUT2D eigenvalue weighted by Crippen LogP contribution is -2.56. The van der Waals surface area contributed by atoms with Crippen molar-refractivity contribution in [3.8, 4) is 0 Å². The summed E-state index contributed by atoms with van der Waals surface area (Å²) in [6.07, 6.45) is 12.5. The van der Waals surface area contributed by atoms with Crippen LogP contribution in [-0.2, 0) is 19.1 Å². The van der Waals surface area contributed by atoms with Crippen LogP contribution in [0.3, 0.4) is 0 Å². The van der Waals surface area contributed by atoms with Gasteiger partial charge in [-0.25, -0.2) is 0 Å². The molecule has 4 aliphatic carbocycles. The lowest BCUT2D eigenvalue weighted by molar-refractivity contribution is -0.273. The fourth-order valence-corrected chi connectivity index (χ4v) is 12.5. The molecule has 0 bridgehead atoms. The molecule has 4 saturated carbocycles. The average Bonchev–Trinajstić information content (AvgIpc) is 3.47. The van der Waals surface area contributed by atoms with Crippen LogP contribution in [0.25, 0.3) is 0 Å². The summed E-state index contributed by atoms with van der Waals surface area (Å²) in [5.41, 5.74) is 0.725. The molecule has 1 spiro atoms. The third-order valence-electron chi connectivity index (χ3n) is 15.2. The van der Waals surface area contributed by atoms with Gasteiger partial charge in [-0.05, 0) is 118 Å². The molecule has 3 saturated heterocycles. The van der Waals surface area contributed by atoms with Gasteiger partial charge in [0, 0.05) is 57.6 Å². The van der Waals surface area contributed by atoms with E-state index in [9.17, 15) is 9.59 Å². The first-order valence-corrected chi connectivity index (χ1v) is 19.2. The zero-order chi connectivity index (χ0) is 32.4. The first kappa shape index (κ1) is 33.3. The fourth-order valence-electron chi connectivity index (χ4n) is 12.5. The van der Waals surface area contributed by atoms with Gasteiger partial charge < -0.3 is 24.6 Å². The van der Waals surface area contributed by atoms with Crippen molar-refractivity contribution in [1.82, 2.24) is 20.0 Å². The number of nitrogens with one attached hydrogen (secondary N) is 1. The normalized spacial score (nSPS) is 47.3. The quantitative estimate of drug-likeness (QED) is 0.412. The highest BCUT2D eigenvalue weighted by Crippen LogP contribution is 2.71. The fraction of sp³-hybridized carbons (Fsp3) is 0.947. The largest absolute Gasteiger partial charge is 0.353 e. The van der Waals surface area contributed by atoms with Crippen LogP contribution in [0, 0.1) is 52.3 Å². The van der Waals surface area contributed by atoms with Crippen LogP contribution in [0.5, 0.6) is 0 Å². The van der Waals surface area contributed by atoms with Gasteiger partial charge in [-0.15, -0.1) is 0 Å². The molecule has 3 heterocycles. The van der Waals surface area contributed by atoms with Crippen LogP contribution in [-0.4, -0.2) is 104 Å². The van der Waals surface area contributed by atoms with Crippen molar-refractivity contribution in [3.63, 3.8) is 0 Å². The number of nitrogens with zero attached hydrogens (tertiary/aromatic N) is 3. The van der Waals surface area contributed by atoms with Gasteiger partial charge in [0.1, 0.15) is 6.42 Å². The van der Waals surface area contributed by atoms with E-state index >= 15 is 0 Å². The minimum absolute atomic E-state index is 0.00469. The highest BCUT2D eigenvalue weighted by Gasteiger charge is 2.69.